The Kier molecular flexibility index (Phi) is 5.40. The van der Waals surface area contributed by atoms with Crippen LogP contribution < -0.4 is 10.9 Å². The van der Waals surface area contributed by atoms with Crippen LogP contribution in [0.5, 0.6) is 0 Å². The maximum atomic E-state index is 11.8. The molecule has 0 atom stereocenters. The number of hydrogen-bond acceptors (Lipinski definition) is 3. The first-order valence-corrected chi connectivity index (χ1v) is 6.55. The van der Waals surface area contributed by atoms with E-state index in [-0.39, 0.29) is 5.56 Å². The van der Waals surface area contributed by atoms with Crippen LogP contribution in [0, 0.1) is 10.5 Å². The molecule has 0 aromatic carbocycles. The van der Waals surface area contributed by atoms with E-state index in [1.54, 1.807) is 10.9 Å². The monoisotopic (exact) mass is 335 g/mol. The summed E-state index contributed by atoms with van der Waals surface area (Å²) in [6.45, 7) is 7.73. The lowest BCUT2D eigenvalue weighted by molar-refractivity contribution is 0.525. The SMILES string of the molecule is Cc1ncn(CCCNC(C)C)c(=O)c1I. The number of halogens is 1. The van der Waals surface area contributed by atoms with Crippen molar-refractivity contribution in [3.8, 4) is 0 Å². The van der Waals surface area contributed by atoms with Crippen LogP contribution in [0.25, 0.3) is 0 Å². The molecule has 1 rings (SSSR count). The smallest absolute Gasteiger partial charge is 0.266 e. The van der Waals surface area contributed by atoms with Crippen molar-refractivity contribution in [1.82, 2.24) is 14.9 Å². The van der Waals surface area contributed by atoms with E-state index in [0.29, 0.717) is 6.04 Å². The molecule has 0 spiro atoms. The summed E-state index contributed by atoms with van der Waals surface area (Å²) in [6.07, 6.45) is 2.58. The second-order valence-electron chi connectivity index (χ2n) is 4.10. The van der Waals surface area contributed by atoms with Crippen LogP contribution in [0.1, 0.15) is 26.0 Å². The molecule has 0 saturated heterocycles. The Bertz CT molecular complexity index is 401. The zero-order valence-corrected chi connectivity index (χ0v) is 12.1. The van der Waals surface area contributed by atoms with Crippen LogP contribution in [0.15, 0.2) is 11.1 Å². The molecule has 0 radical (unpaired) electrons. The Morgan fingerprint density at radius 1 is 1.56 bits per heavy atom. The van der Waals surface area contributed by atoms with E-state index in [1.807, 2.05) is 6.92 Å². The van der Waals surface area contributed by atoms with Crippen LogP contribution >= 0.6 is 22.6 Å². The van der Waals surface area contributed by atoms with Gasteiger partial charge in [-0.3, -0.25) is 9.36 Å². The number of hydrogen-bond donors (Lipinski definition) is 1. The highest BCUT2D eigenvalue weighted by Gasteiger charge is 2.04. The molecule has 5 heteroatoms. The quantitative estimate of drug-likeness (QED) is 0.656. The van der Waals surface area contributed by atoms with Crippen molar-refractivity contribution in [3.63, 3.8) is 0 Å². The van der Waals surface area contributed by atoms with Gasteiger partial charge in [0, 0.05) is 12.6 Å². The van der Waals surface area contributed by atoms with E-state index in [4.69, 9.17) is 0 Å². The van der Waals surface area contributed by atoms with Gasteiger partial charge in [0.05, 0.1) is 15.6 Å². The Hall–Kier alpha value is -0.430. The van der Waals surface area contributed by atoms with Crippen molar-refractivity contribution >= 4 is 22.6 Å². The minimum atomic E-state index is 0.0673. The van der Waals surface area contributed by atoms with Crippen LogP contribution in [0.2, 0.25) is 0 Å². The normalized spacial score (nSPS) is 11.1. The zero-order chi connectivity index (χ0) is 12.1. The molecule has 0 aliphatic heterocycles. The Morgan fingerprint density at radius 3 is 2.88 bits per heavy atom. The molecule has 90 valence electrons. The molecule has 1 heterocycles. The number of rotatable bonds is 5. The second-order valence-corrected chi connectivity index (χ2v) is 5.18. The van der Waals surface area contributed by atoms with E-state index < -0.39 is 0 Å². The van der Waals surface area contributed by atoms with Gasteiger partial charge in [-0.05, 0) is 42.5 Å². The lowest BCUT2D eigenvalue weighted by Gasteiger charge is -2.09. The molecule has 0 bridgehead atoms. The summed E-state index contributed by atoms with van der Waals surface area (Å²) in [5.41, 5.74) is 0.875. The fourth-order valence-electron chi connectivity index (χ4n) is 1.35. The van der Waals surface area contributed by atoms with Crippen molar-refractivity contribution in [1.29, 1.82) is 0 Å². The summed E-state index contributed by atoms with van der Waals surface area (Å²) in [4.78, 5) is 16.0. The Morgan fingerprint density at radius 2 is 2.25 bits per heavy atom. The highest BCUT2D eigenvalue weighted by Crippen LogP contribution is 2.01. The van der Waals surface area contributed by atoms with Crippen LogP contribution in [-0.4, -0.2) is 22.1 Å². The van der Waals surface area contributed by atoms with Crippen molar-refractivity contribution in [2.45, 2.75) is 39.8 Å². The van der Waals surface area contributed by atoms with E-state index in [1.165, 1.54) is 0 Å². The zero-order valence-electron chi connectivity index (χ0n) is 9.96. The van der Waals surface area contributed by atoms with Gasteiger partial charge < -0.3 is 5.32 Å². The minimum absolute atomic E-state index is 0.0673. The predicted molar refractivity (Wildman–Crippen MR) is 73.7 cm³/mol. The molecule has 1 aromatic rings. The van der Waals surface area contributed by atoms with Gasteiger partial charge in [0.25, 0.3) is 5.56 Å². The molecule has 0 aliphatic carbocycles. The van der Waals surface area contributed by atoms with Crippen LogP contribution in [-0.2, 0) is 6.54 Å². The summed E-state index contributed by atoms with van der Waals surface area (Å²) < 4.78 is 2.40. The molecule has 4 nitrogen and oxygen atoms in total. The fraction of sp³-hybridized carbons (Fsp3) is 0.636. The van der Waals surface area contributed by atoms with E-state index in [9.17, 15) is 4.79 Å². The third-order valence-corrected chi connectivity index (χ3v) is 3.53. The van der Waals surface area contributed by atoms with Crippen molar-refractivity contribution in [2.24, 2.45) is 0 Å². The maximum Gasteiger partial charge on any atom is 0.266 e. The predicted octanol–water partition coefficient (Wildman–Crippen LogP) is 1.54. The first-order valence-electron chi connectivity index (χ1n) is 5.47. The van der Waals surface area contributed by atoms with E-state index in [2.05, 4.69) is 46.7 Å². The number of nitrogens with one attached hydrogen (secondary N) is 1. The summed E-state index contributed by atoms with van der Waals surface area (Å²) >= 11 is 2.05. The van der Waals surface area contributed by atoms with Gasteiger partial charge >= 0.3 is 0 Å². The highest BCUT2D eigenvalue weighted by molar-refractivity contribution is 14.1. The maximum absolute atomic E-state index is 11.8. The molecule has 0 aliphatic rings. The summed E-state index contributed by atoms with van der Waals surface area (Å²) in [6, 6.07) is 0.494. The minimum Gasteiger partial charge on any atom is -0.314 e. The fourth-order valence-corrected chi connectivity index (χ4v) is 1.79. The summed E-state index contributed by atoms with van der Waals surface area (Å²) in [5.74, 6) is 0. The number of nitrogens with zero attached hydrogens (tertiary/aromatic N) is 2. The van der Waals surface area contributed by atoms with E-state index in [0.717, 1.165) is 28.8 Å². The lowest BCUT2D eigenvalue weighted by atomic mass is 10.3. The lowest BCUT2D eigenvalue weighted by Crippen LogP contribution is -2.28. The Labute approximate surface area is 110 Å². The van der Waals surface area contributed by atoms with Gasteiger partial charge in [-0.25, -0.2) is 4.98 Å². The number of aryl methyl sites for hydroxylation is 2. The molecular formula is C11H18IN3O. The van der Waals surface area contributed by atoms with Gasteiger partial charge in [0.15, 0.2) is 0 Å². The third-order valence-electron chi connectivity index (χ3n) is 2.29. The third kappa shape index (κ3) is 3.86. The van der Waals surface area contributed by atoms with Gasteiger partial charge in [-0.15, -0.1) is 0 Å². The molecule has 1 N–H and O–H groups in total. The average Bonchev–Trinajstić information content (AvgIpc) is 2.23. The first-order chi connectivity index (χ1) is 7.52. The standard InChI is InChI=1S/C11H18IN3O/c1-8(2)13-5-4-6-15-7-14-9(3)10(12)11(15)16/h7-8,13H,4-6H2,1-3H3. The molecule has 0 unspecified atom stereocenters. The number of aromatic nitrogens is 2. The first kappa shape index (κ1) is 13.6. The molecule has 1 aromatic heterocycles. The average molecular weight is 335 g/mol. The van der Waals surface area contributed by atoms with Crippen molar-refractivity contribution < 1.29 is 0 Å². The summed E-state index contributed by atoms with van der Waals surface area (Å²) in [5, 5.41) is 3.32. The largest absolute Gasteiger partial charge is 0.314 e. The topological polar surface area (TPSA) is 46.9 Å². The van der Waals surface area contributed by atoms with Crippen LogP contribution in [0.3, 0.4) is 0 Å². The van der Waals surface area contributed by atoms with Crippen molar-refractivity contribution in [2.75, 3.05) is 6.54 Å². The van der Waals surface area contributed by atoms with E-state index >= 15 is 0 Å². The molecular weight excluding hydrogens is 317 g/mol. The van der Waals surface area contributed by atoms with Gasteiger partial charge in [0.2, 0.25) is 0 Å². The molecule has 16 heavy (non-hydrogen) atoms. The Balaban J connectivity index is 2.55. The van der Waals surface area contributed by atoms with Crippen LogP contribution in [0.4, 0.5) is 0 Å². The summed E-state index contributed by atoms with van der Waals surface area (Å²) in [7, 11) is 0. The molecule has 0 saturated carbocycles. The van der Waals surface area contributed by atoms with Gasteiger partial charge in [-0.1, -0.05) is 13.8 Å². The van der Waals surface area contributed by atoms with Gasteiger partial charge in [0.1, 0.15) is 0 Å². The van der Waals surface area contributed by atoms with Gasteiger partial charge in [-0.2, -0.15) is 0 Å². The second kappa shape index (κ2) is 6.34. The highest BCUT2D eigenvalue weighted by atomic mass is 127. The molecule has 0 amide bonds. The van der Waals surface area contributed by atoms with Crippen molar-refractivity contribution in [3.05, 3.63) is 25.9 Å². The molecule has 0 fully saturated rings.